The molecule has 2 aromatic carbocycles. The van der Waals surface area contributed by atoms with Crippen LogP contribution in [-0.4, -0.2) is 22.5 Å². The van der Waals surface area contributed by atoms with Crippen LogP contribution in [0.2, 0.25) is 0 Å². The average Bonchev–Trinajstić information content (AvgIpc) is 3.24. The number of anilines is 1. The van der Waals surface area contributed by atoms with Crippen LogP contribution in [-0.2, 0) is 4.79 Å². The maximum Gasteiger partial charge on any atom is 0.256 e. The van der Waals surface area contributed by atoms with Crippen molar-refractivity contribution < 1.29 is 9.53 Å². The van der Waals surface area contributed by atoms with E-state index in [0.29, 0.717) is 12.2 Å². The molecule has 0 fully saturated rings. The largest absolute Gasteiger partial charge is 0.494 e. The molecule has 2 N–H and O–H groups in total. The zero-order chi connectivity index (χ0) is 17.2. The normalized spacial score (nSPS) is 14.4. The number of H-pyrrole nitrogens is 1. The van der Waals surface area contributed by atoms with Crippen LogP contribution < -0.4 is 10.1 Å². The average molecular weight is 331 g/mol. The molecular weight excluding hydrogens is 314 g/mol. The lowest BCUT2D eigenvalue weighted by molar-refractivity contribution is -0.110. The Balaban J connectivity index is 1.71. The minimum Gasteiger partial charge on any atom is -0.494 e. The fourth-order valence-corrected chi connectivity index (χ4v) is 2.95. The van der Waals surface area contributed by atoms with E-state index < -0.39 is 0 Å². The predicted octanol–water partition coefficient (Wildman–Crippen LogP) is 3.97. The number of nitrogens with one attached hydrogen (secondary N) is 2. The van der Waals surface area contributed by atoms with E-state index in [1.807, 2.05) is 55.5 Å². The number of aromatic nitrogens is 2. The van der Waals surface area contributed by atoms with Gasteiger partial charge >= 0.3 is 0 Å². The molecular formula is C20H17N3O2. The number of carbonyl (C=O) groups excluding carboxylic acids is 1. The highest BCUT2D eigenvalue weighted by molar-refractivity contribution is 6.35. The van der Waals surface area contributed by atoms with Gasteiger partial charge in [-0.15, -0.1) is 0 Å². The minimum absolute atomic E-state index is 0.107. The smallest absolute Gasteiger partial charge is 0.256 e. The van der Waals surface area contributed by atoms with Crippen LogP contribution in [0.25, 0.3) is 22.8 Å². The summed E-state index contributed by atoms with van der Waals surface area (Å²) in [6, 6.07) is 13.9. The first kappa shape index (κ1) is 15.2. The fourth-order valence-electron chi connectivity index (χ4n) is 2.95. The van der Waals surface area contributed by atoms with Crippen LogP contribution in [0.3, 0.4) is 0 Å². The van der Waals surface area contributed by atoms with Crippen LogP contribution in [0.15, 0.2) is 55.0 Å². The van der Waals surface area contributed by atoms with Crippen molar-refractivity contribution in [3.05, 3.63) is 66.2 Å². The molecule has 0 unspecified atom stereocenters. The van der Waals surface area contributed by atoms with Crippen LogP contribution >= 0.6 is 0 Å². The Morgan fingerprint density at radius 2 is 2.04 bits per heavy atom. The summed E-state index contributed by atoms with van der Waals surface area (Å²) in [7, 11) is 0. The SMILES string of the molecule is CCOc1cccc(-c2ccc3c(c2)NC(=O)C3=Cc2cnc[nH]2)c1. The number of hydrogen-bond donors (Lipinski definition) is 2. The number of amides is 1. The lowest BCUT2D eigenvalue weighted by Gasteiger charge is -2.08. The molecule has 0 saturated carbocycles. The molecule has 3 aromatic rings. The fraction of sp³-hybridized carbons (Fsp3) is 0.100. The molecule has 5 nitrogen and oxygen atoms in total. The van der Waals surface area contributed by atoms with Gasteiger partial charge in [-0.3, -0.25) is 4.79 Å². The number of aromatic amines is 1. The zero-order valence-corrected chi connectivity index (χ0v) is 13.7. The van der Waals surface area contributed by atoms with Gasteiger partial charge in [0.05, 0.1) is 30.4 Å². The molecule has 124 valence electrons. The quantitative estimate of drug-likeness (QED) is 0.711. The highest BCUT2D eigenvalue weighted by Gasteiger charge is 2.24. The lowest BCUT2D eigenvalue weighted by atomic mass is 10.00. The molecule has 4 rings (SSSR count). The first-order valence-electron chi connectivity index (χ1n) is 8.13. The van der Waals surface area contributed by atoms with Gasteiger partial charge in [-0.1, -0.05) is 24.3 Å². The molecule has 0 aliphatic carbocycles. The standard InChI is InChI=1S/C20H17N3O2/c1-2-25-16-5-3-4-13(8-16)14-6-7-17-18(10-15-11-21-12-22-15)20(24)23-19(17)9-14/h3-12H,2H2,1H3,(H,21,22)(H,23,24). The predicted molar refractivity (Wildman–Crippen MR) is 98.1 cm³/mol. The number of rotatable bonds is 4. The number of benzene rings is 2. The van der Waals surface area contributed by atoms with E-state index in [-0.39, 0.29) is 5.91 Å². The molecule has 1 aliphatic rings. The third-order valence-corrected chi connectivity index (χ3v) is 4.10. The van der Waals surface area contributed by atoms with Crippen LogP contribution in [0.1, 0.15) is 18.2 Å². The lowest BCUT2D eigenvalue weighted by Crippen LogP contribution is -2.03. The summed E-state index contributed by atoms with van der Waals surface area (Å²) in [6.45, 7) is 2.59. The summed E-state index contributed by atoms with van der Waals surface area (Å²) in [5.74, 6) is 0.731. The molecule has 5 heteroatoms. The molecule has 2 heterocycles. The van der Waals surface area contributed by atoms with Gasteiger partial charge in [-0.2, -0.15) is 0 Å². The summed E-state index contributed by atoms with van der Waals surface area (Å²) in [5.41, 5.74) is 5.22. The van der Waals surface area contributed by atoms with Gasteiger partial charge in [0.2, 0.25) is 0 Å². The maximum absolute atomic E-state index is 12.3. The van der Waals surface area contributed by atoms with Crippen molar-refractivity contribution in [2.75, 3.05) is 11.9 Å². The van der Waals surface area contributed by atoms with Crippen molar-refractivity contribution >= 4 is 23.2 Å². The van der Waals surface area contributed by atoms with Gasteiger partial charge in [0, 0.05) is 11.3 Å². The van der Waals surface area contributed by atoms with E-state index in [0.717, 1.165) is 33.8 Å². The van der Waals surface area contributed by atoms with E-state index >= 15 is 0 Å². The molecule has 1 amide bonds. The highest BCUT2D eigenvalue weighted by atomic mass is 16.5. The van der Waals surface area contributed by atoms with Crippen LogP contribution in [0, 0.1) is 0 Å². The second-order valence-corrected chi connectivity index (χ2v) is 5.74. The van der Waals surface area contributed by atoms with Crippen molar-refractivity contribution in [3.8, 4) is 16.9 Å². The van der Waals surface area contributed by atoms with E-state index in [4.69, 9.17) is 4.74 Å². The van der Waals surface area contributed by atoms with Crippen molar-refractivity contribution in [2.24, 2.45) is 0 Å². The Labute approximate surface area is 145 Å². The van der Waals surface area contributed by atoms with Crippen LogP contribution in [0.4, 0.5) is 5.69 Å². The van der Waals surface area contributed by atoms with E-state index in [1.165, 1.54) is 0 Å². The van der Waals surface area contributed by atoms with E-state index in [9.17, 15) is 4.79 Å². The molecule has 1 aliphatic heterocycles. The summed E-state index contributed by atoms with van der Waals surface area (Å²) in [4.78, 5) is 19.3. The summed E-state index contributed by atoms with van der Waals surface area (Å²) in [5, 5.41) is 2.94. The maximum atomic E-state index is 12.3. The highest BCUT2D eigenvalue weighted by Crippen LogP contribution is 2.36. The number of nitrogens with zero attached hydrogens (tertiary/aromatic N) is 1. The first-order valence-corrected chi connectivity index (χ1v) is 8.13. The Morgan fingerprint density at radius 3 is 2.84 bits per heavy atom. The van der Waals surface area contributed by atoms with Gasteiger partial charge in [0.15, 0.2) is 0 Å². The first-order chi connectivity index (χ1) is 12.2. The second-order valence-electron chi connectivity index (χ2n) is 5.74. The Morgan fingerprint density at radius 1 is 1.16 bits per heavy atom. The van der Waals surface area contributed by atoms with Crippen molar-refractivity contribution in [1.82, 2.24) is 9.97 Å². The third kappa shape index (κ3) is 2.92. The summed E-state index contributed by atoms with van der Waals surface area (Å²) < 4.78 is 5.57. The van der Waals surface area contributed by atoms with Crippen molar-refractivity contribution in [1.29, 1.82) is 0 Å². The number of ether oxygens (including phenoxy) is 1. The Kier molecular flexibility index (Phi) is 3.82. The van der Waals surface area contributed by atoms with Gasteiger partial charge in [0.1, 0.15) is 5.75 Å². The number of imidazole rings is 1. The van der Waals surface area contributed by atoms with Crippen LogP contribution in [0.5, 0.6) is 5.75 Å². The topological polar surface area (TPSA) is 67.0 Å². The van der Waals surface area contributed by atoms with E-state index in [1.54, 1.807) is 12.5 Å². The monoisotopic (exact) mass is 331 g/mol. The third-order valence-electron chi connectivity index (χ3n) is 4.10. The molecule has 1 aromatic heterocycles. The summed E-state index contributed by atoms with van der Waals surface area (Å²) >= 11 is 0. The molecule has 0 bridgehead atoms. The summed E-state index contributed by atoms with van der Waals surface area (Å²) in [6.07, 6.45) is 5.09. The van der Waals surface area contributed by atoms with Crippen molar-refractivity contribution in [2.45, 2.75) is 6.92 Å². The Bertz CT molecular complexity index is 959. The number of fused-ring (bicyclic) bond motifs is 1. The molecule has 0 atom stereocenters. The molecule has 0 radical (unpaired) electrons. The van der Waals surface area contributed by atoms with Crippen molar-refractivity contribution in [3.63, 3.8) is 0 Å². The van der Waals surface area contributed by atoms with Gasteiger partial charge < -0.3 is 15.0 Å². The van der Waals surface area contributed by atoms with Gasteiger partial charge in [-0.25, -0.2) is 4.98 Å². The zero-order valence-electron chi connectivity index (χ0n) is 13.7. The number of hydrogen-bond acceptors (Lipinski definition) is 3. The van der Waals surface area contributed by atoms with Gasteiger partial charge in [0.25, 0.3) is 5.91 Å². The Hall–Kier alpha value is -3.34. The molecule has 25 heavy (non-hydrogen) atoms. The molecule has 0 saturated heterocycles. The second kappa shape index (κ2) is 6.28. The number of carbonyl (C=O) groups is 1. The van der Waals surface area contributed by atoms with Gasteiger partial charge in [-0.05, 0) is 42.3 Å². The molecule has 0 spiro atoms. The van der Waals surface area contributed by atoms with E-state index in [2.05, 4.69) is 15.3 Å². The minimum atomic E-state index is -0.107.